The molecule has 0 unspecified atom stereocenters. The van der Waals surface area contributed by atoms with Gasteiger partial charge in [-0.3, -0.25) is 4.79 Å². The van der Waals surface area contributed by atoms with Gasteiger partial charge in [0.1, 0.15) is 5.75 Å². The number of ether oxygens (including phenoxy) is 1. The second-order valence-corrected chi connectivity index (χ2v) is 3.32. The van der Waals surface area contributed by atoms with Crippen molar-refractivity contribution in [1.82, 2.24) is 0 Å². The fraction of sp³-hybridized carbons (Fsp3) is 0.364. The van der Waals surface area contributed by atoms with Crippen molar-refractivity contribution in [2.75, 3.05) is 0 Å². The molecule has 0 atom stereocenters. The van der Waals surface area contributed by atoms with Gasteiger partial charge in [-0.2, -0.15) is 0 Å². The minimum atomic E-state index is -0.280. The molecule has 0 saturated carbocycles. The Bertz CT molecular complexity index is 285. The first kappa shape index (κ1) is 9.78. The fourth-order valence-electron chi connectivity index (χ4n) is 1.09. The maximum absolute atomic E-state index is 10.6. The van der Waals surface area contributed by atoms with Crippen LogP contribution in [0.1, 0.15) is 32.3 Å². The molecule has 1 rings (SSSR count). The Labute approximate surface area is 78.5 Å². The highest BCUT2D eigenvalue weighted by molar-refractivity contribution is 5.69. The van der Waals surface area contributed by atoms with Crippen molar-refractivity contribution in [2.45, 2.75) is 26.7 Å². The highest BCUT2D eigenvalue weighted by Gasteiger charge is 2.00. The standard InChI is InChI=1S/C11H14O2/c1-8(2)10-4-6-11(7-5-10)13-9(3)12/h4-8H,1-3H3. The van der Waals surface area contributed by atoms with Gasteiger partial charge < -0.3 is 4.74 Å². The summed E-state index contributed by atoms with van der Waals surface area (Å²) < 4.78 is 4.91. The third-order valence-corrected chi connectivity index (χ3v) is 1.81. The molecule has 0 aliphatic carbocycles. The van der Waals surface area contributed by atoms with Gasteiger partial charge in [0.2, 0.25) is 0 Å². The molecule has 2 heteroatoms. The third-order valence-electron chi connectivity index (χ3n) is 1.81. The molecule has 1 aromatic carbocycles. The van der Waals surface area contributed by atoms with Crippen LogP contribution in [0.4, 0.5) is 0 Å². The van der Waals surface area contributed by atoms with Crippen LogP contribution in [-0.4, -0.2) is 5.97 Å². The first-order valence-corrected chi connectivity index (χ1v) is 4.38. The largest absolute Gasteiger partial charge is 0.427 e. The van der Waals surface area contributed by atoms with Crippen LogP contribution >= 0.6 is 0 Å². The summed E-state index contributed by atoms with van der Waals surface area (Å²) in [4.78, 5) is 10.6. The van der Waals surface area contributed by atoms with E-state index < -0.39 is 0 Å². The molecule has 0 saturated heterocycles. The van der Waals surface area contributed by atoms with Gasteiger partial charge in [-0.05, 0) is 23.6 Å². The molecular weight excluding hydrogens is 164 g/mol. The number of benzene rings is 1. The first-order valence-electron chi connectivity index (χ1n) is 4.38. The van der Waals surface area contributed by atoms with Crippen molar-refractivity contribution in [1.29, 1.82) is 0 Å². The van der Waals surface area contributed by atoms with Crippen LogP contribution in [0.5, 0.6) is 5.75 Å². The van der Waals surface area contributed by atoms with E-state index in [0.29, 0.717) is 11.7 Å². The quantitative estimate of drug-likeness (QED) is 0.514. The highest BCUT2D eigenvalue weighted by atomic mass is 16.5. The van der Waals surface area contributed by atoms with Gasteiger partial charge in [-0.25, -0.2) is 0 Å². The number of carbonyl (C=O) groups excluding carboxylic acids is 1. The predicted octanol–water partition coefficient (Wildman–Crippen LogP) is 2.74. The molecule has 0 aromatic heterocycles. The maximum atomic E-state index is 10.6. The van der Waals surface area contributed by atoms with Gasteiger partial charge in [-0.1, -0.05) is 26.0 Å². The van der Waals surface area contributed by atoms with Gasteiger partial charge in [0.15, 0.2) is 0 Å². The second-order valence-electron chi connectivity index (χ2n) is 3.32. The third kappa shape index (κ3) is 2.90. The first-order chi connectivity index (χ1) is 6.09. The number of carbonyl (C=O) groups is 1. The maximum Gasteiger partial charge on any atom is 0.308 e. The van der Waals surface area contributed by atoms with Crippen molar-refractivity contribution in [2.24, 2.45) is 0 Å². The summed E-state index contributed by atoms with van der Waals surface area (Å²) in [5.41, 5.74) is 1.25. The molecule has 70 valence electrons. The Hall–Kier alpha value is -1.31. The van der Waals surface area contributed by atoms with Crippen molar-refractivity contribution in [3.8, 4) is 5.75 Å². The number of rotatable bonds is 2. The lowest BCUT2D eigenvalue weighted by molar-refractivity contribution is -0.131. The molecule has 0 radical (unpaired) electrons. The molecule has 1 aromatic rings. The zero-order valence-corrected chi connectivity index (χ0v) is 8.20. The van der Waals surface area contributed by atoms with E-state index in [1.54, 1.807) is 0 Å². The van der Waals surface area contributed by atoms with Crippen LogP contribution in [0.2, 0.25) is 0 Å². The molecule has 0 fully saturated rings. The summed E-state index contributed by atoms with van der Waals surface area (Å²) in [7, 11) is 0. The van der Waals surface area contributed by atoms with Gasteiger partial charge in [0.05, 0.1) is 0 Å². The topological polar surface area (TPSA) is 26.3 Å². The molecule has 2 nitrogen and oxygen atoms in total. The number of esters is 1. The summed E-state index contributed by atoms with van der Waals surface area (Å²) in [6.07, 6.45) is 0. The normalized spacial score (nSPS) is 10.2. The van der Waals surface area contributed by atoms with Crippen LogP contribution in [0.25, 0.3) is 0 Å². The summed E-state index contributed by atoms with van der Waals surface area (Å²) in [6, 6.07) is 7.58. The molecule has 0 heterocycles. The summed E-state index contributed by atoms with van der Waals surface area (Å²) in [5.74, 6) is 0.834. The lowest BCUT2D eigenvalue weighted by atomic mass is 10.0. The van der Waals surface area contributed by atoms with E-state index in [-0.39, 0.29) is 5.97 Å². The number of hydrogen-bond acceptors (Lipinski definition) is 2. The van der Waals surface area contributed by atoms with E-state index in [1.165, 1.54) is 12.5 Å². The van der Waals surface area contributed by atoms with Crippen LogP contribution in [0.3, 0.4) is 0 Å². The van der Waals surface area contributed by atoms with E-state index in [0.717, 1.165) is 0 Å². The summed E-state index contributed by atoms with van der Waals surface area (Å²) >= 11 is 0. The van der Waals surface area contributed by atoms with Gasteiger partial charge in [0, 0.05) is 6.92 Å². The average molecular weight is 178 g/mol. The van der Waals surface area contributed by atoms with Crippen molar-refractivity contribution >= 4 is 5.97 Å². The molecule has 0 amide bonds. The molecule has 0 aliphatic heterocycles. The van der Waals surface area contributed by atoms with E-state index >= 15 is 0 Å². The fourth-order valence-corrected chi connectivity index (χ4v) is 1.09. The Balaban J connectivity index is 2.75. The van der Waals surface area contributed by atoms with Gasteiger partial charge in [0.25, 0.3) is 0 Å². The predicted molar refractivity (Wildman–Crippen MR) is 51.8 cm³/mol. The lowest BCUT2D eigenvalue weighted by Gasteiger charge is -2.06. The summed E-state index contributed by atoms with van der Waals surface area (Å²) in [6.45, 7) is 5.65. The van der Waals surface area contributed by atoms with Crippen molar-refractivity contribution < 1.29 is 9.53 Å². The van der Waals surface area contributed by atoms with E-state index in [2.05, 4.69) is 13.8 Å². The molecule has 13 heavy (non-hydrogen) atoms. The minimum Gasteiger partial charge on any atom is -0.427 e. The van der Waals surface area contributed by atoms with Crippen LogP contribution in [0, 0.1) is 0 Å². The molecular formula is C11H14O2. The van der Waals surface area contributed by atoms with Gasteiger partial charge in [-0.15, -0.1) is 0 Å². The molecule has 0 spiro atoms. The van der Waals surface area contributed by atoms with E-state index in [9.17, 15) is 4.79 Å². The Morgan fingerprint density at radius 2 is 1.77 bits per heavy atom. The molecule has 0 N–H and O–H groups in total. The SMILES string of the molecule is CC(=O)Oc1ccc(C(C)C)cc1. The minimum absolute atomic E-state index is 0.280. The molecule has 0 aliphatic rings. The monoisotopic (exact) mass is 178 g/mol. The Kier molecular flexibility index (Phi) is 3.07. The smallest absolute Gasteiger partial charge is 0.308 e. The van der Waals surface area contributed by atoms with E-state index in [4.69, 9.17) is 4.74 Å². The molecule has 0 bridgehead atoms. The zero-order chi connectivity index (χ0) is 9.84. The van der Waals surface area contributed by atoms with Crippen LogP contribution in [-0.2, 0) is 4.79 Å². The Morgan fingerprint density at radius 3 is 2.15 bits per heavy atom. The highest BCUT2D eigenvalue weighted by Crippen LogP contribution is 2.18. The summed E-state index contributed by atoms with van der Waals surface area (Å²) in [5, 5.41) is 0. The van der Waals surface area contributed by atoms with E-state index in [1.807, 2.05) is 24.3 Å². The van der Waals surface area contributed by atoms with Crippen LogP contribution in [0.15, 0.2) is 24.3 Å². The number of hydrogen-bond donors (Lipinski definition) is 0. The van der Waals surface area contributed by atoms with Crippen molar-refractivity contribution in [3.05, 3.63) is 29.8 Å². The lowest BCUT2D eigenvalue weighted by Crippen LogP contribution is -2.01. The van der Waals surface area contributed by atoms with Crippen molar-refractivity contribution in [3.63, 3.8) is 0 Å². The Morgan fingerprint density at radius 1 is 1.23 bits per heavy atom. The average Bonchev–Trinajstić information content (AvgIpc) is 2.04. The zero-order valence-electron chi connectivity index (χ0n) is 8.20. The second kappa shape index (κ2) is 4.08. The van der Waals surface area contributed by atoms with Crippen LogP contribution < -0.4 is 4.74 Å². The van der Waals surface area contributed by atoms with Gasteiger partial charge >= 0.3 is 5.97 Å².